The summed E-state index contributed by atoms with van der Waals surface area (Å²) < 4.78 is 0. The van der Waals surface area contributed by atoms with E-state index in [1.54, 1.807) is 6.92 Å². The Balaban J connectivity index is 1.95. The SMILES string of the molecule is CC(=O)Nc1cccc(C(C)NC(C)C2CCCCC2)c1. The maximum Gasteiger partial charge on any atom is 0.221 e. The highest BCUT2D eigenvalue weighted by Crippen LogP contribution is 2.28. The van der Waals surface area contributed by atoms with Gasteiger partial charge in [-0.25, -0.2) is 0 Å². The number of benzene rings is 1. The van der Waals surface area contributed by atoms with Gasteiger partial charge in [0.05, 0.1) is 0 Å². The van der Waals surface area contributed by atoms with Gasteiger partial charge >= 0.3 is 0 Å². The maximum absolute atomic E-state index is 11.2. The zero-order valence-electron chi connectivity index (χ0n) is 13.5. The molecule has 0 heterocycles. The largest absolute Gasteiger partial charge is 0.326 e. The molecule has 0 aromatic heterocycles. The van der Waals surface area contributed by atoms with Crippen LogP contribution in [0.4, 0.5) is 5.69 Å². The van der Waals surface area contributed by atoms with Gasteiger partial charge in [-0.2, -0.15) is 0 Å². The molecule has 2 N–H and O–H groups in total. The van der Waals surface area contributed by atoms with Crippen LogP contribution in [0.1, 0.15) is 64.5 Å². The smallest absolute Gasteiger partial charge is 0.221 e. The van der Waals surface area contributed by atoms with Crippen molar-refractivity contribution >= 4 is 11.6 Å². The molecule has 1 amide bonds. The molecule has 116 valence electrons. The van der Waals surface area contributed by atoms with E-state index in [4.69, 9.17) is 0 Å². The summed E-state index contributed by atoms with van der Waals surface area (Å²) in [5.74, 6) is 0.781. The summed E-state index contributed by atoms with van der Waals surface area (Å²) in [5, 5.41) is 6.58. The third kappa shape index (κ3) is 4.85. The molecule has 2 rings (SSSR count). The molecule has 1 aromatic carbocycles. The third-order valence-corrected chi connectivity index (χ3v) is 4.58. The van der Waals surface area contributed by atoms with Gasteiger partial charge in [0.15, 0.2) is 0 Å². The first kappa shape index (κ1) is 16.0. The van der Waals surface area contributed by atoms with Crippen LogP contribution in [0.25, 0.3) is 0 Å². The van der Waals surface area contributed by atoms with Crippen molar-refractivity contribution in [2.75, 3.05) is 5.32 Å². The number of carbonyl (C=O) groups excluding carboxylic acids is 1. The highest BCUT2D eigenvalue weighted by Gasteiger charge is 2.21. The molecule has 0 saturated heterocycles. The molecule has 0 spiro atoms. The minimum atomic E-state index is -0.0247. The van der Waals surface area contributed by atoms with Crippen molar-refractivity contribution in [2.45, 2.75) is 65.0 Å². The predicted octanol–water partition coefficient (Wildman–Crippen LogP) is 4.26. The highest BCUT2D eigenvalue weighted by molar-refractivity contribution is 5.88. The van der Waals surface area contributed by atoms with Crippen LogP contribution in [0.2, 0.25) is 0 Å². The van der Waals surface area contributed by atoms with E-state index in [-0.39, 0.29) is 5.91 Å². The Kier molecular flexibility index (Phi) is 5.80. The van der Waals surface area contributed by atoms with Crippen molar-refractivity contribution in [3.8, 4) is 0 Å². The molecule has 21 heavy (non-hydrogen) atoms. The molecule has 3 nitrogen and oxygen atoms in total. The summed E-state index contributed by atoms with van der Waals surface area (Å²) in [5.41, 5.74) is 2.10. The van der Waals surface area contributed by atoms with E-state index in [2.05, 4.69) is 36.6 Å². The third-order valence-electron chi connectivity index (χ3n) is 4.58. The molecule has 3 heteroatoms. The number of rotatable bonds is 5. The zero-order chi connectivity index (χ0) is 15.2. The van der Waals surface area contributed by atoms with Crippen LogP contribution >= 0.6 is 0 Å². The summed E-state index contributed by atoms with van der Waals surface area (Å²) in [6.07, 6.45) is 6.86. The van der Waals surface area contributed by atoms with Crippen LogP contribution in [0.5, 0.6) is 0 Å². The second-order valence-corrected chi connectivity index (χ2v) is 6.38. The van der Waals surface area contributed by atoms with Crippen LogP contribution in [-0.4, -0.2) is 11.9 Å². The second-order valence-electron chi connectivity index (χ2n) is 6.38. The first-order chi connectivity index (χ1) is 10.1. The lowest BCUT2D eigenvalue weighted by molar-refractivity contribution is -0.114. The fraction of sp³-hybridized carbons (Fsp3) is 0.611. The molecule has 1 aromatic rings. The normalized spacial score (nSPS) is 19.0. The topological polar surface area (TPSA) is 41.1 Å². The average molecular weight is 288 g/mol. The van der Waals surface area contributed by atoms with Gasteiger partial charge in [-0.05, 0) is 50.3 Å². The Labute approximate surface area is 128 Å². The molecule has 1 aliphatic rings. The van der Waals surface area contributed by atoms with Gasteiger partial charge in [0, 0.05) is 24.7 Å². The van der Waals surface area contributed by atoms with E-state index < -0.39 is 0 Å². The van der Waals surface area contributed by atoms with E-state index in [0.29, 0.717) is 12.1 Å². The maximum atomic E-state index is 11.2. The lowest BCUT2D eigenvalue weighted by atomic mass is 9.84. The van der Waals surface area contributed by atoms with Crippen molar-refractivity contribution in [1.82, 2.24) is 5.32 Å². The summed E-state index contributed by atoms with van der Waals surface area (Å²) in [4.78, 5) is 11.2. The molecule has 0 radical (unpaired) electrons. The van der Waals surface area contributed by atoms with Gasteiger partial charge in [-0.15, -0.1) is 0 Å². The molecule has 1 fully saturated rings. The molecule has 0 bridgehead atoms. The number of carbonyl (C=O) groups is 1. The Morgan fingerprint density at radius 3 is 2.57 bits per heavy atom. The molecule has 2 atom stereocenters. The van der Waals surface area contributed by atoms with E-state index in [1.807, 2.05) is 12.1 Å². The minimum Gasteiger partial charge on any atom is -0.326 e. The highest BCUT2D eigenvalue weighted by atomic mass is 16.1. The van der Waals surface area contributed by atoms with Gasteiger partial charge in [-0.3, -0.25) is 4.79 Å². The minimum absolute atomic E-state index is 0.0247. The van der Waals surface area contributed by atoms with Crippen molar-refractivity contribution in [2.24, 2.45) is 5.92 Å². The second kappa shape index (κ2) is 7.60. The van der Waals surface area contributed by atoms with Crippen LogP contribution in [0.15, 0.2) is 24.3 Å². The summed E-state index contributed by atoms with van der Waals surface area (Å²) in [7, 11) is 0. The zero-order valence-corrected chi connectivity index (χ0v) is 13.5. The van der Waals surface area contributed by atoms with E-state index in [1.165, 1.54) is 37.7 Å². The lowest BCUT2D eigenvalue weighted by Gasteiger charge is -2.31. The van der Waals surface area contributed by atoms with E-state index in [0.717, 1.165) is 11.6 Å². The Morgan fingerprint density at radius 1 is 1.19 bits per heavy atom. The first-order valence-electron chi connectivity index (χ1n) is 8.20. The first-order valence-corrected chi connectivity index (χ1v) is 8.20. The number of hydrogen-bond acceptors (Lipinski definition) is 2. The number of amides is 1. The lowest BCUT2D eigenvalue weighted by Crippen LogP contribution is -2.36. The summed E-state index contributed by atoms with van der Waals surface area (Å²) in [6.45, 7) is 6.05. The van der Waals surface area contributed by atoms with Crippen LogP contribution in [0.3, 0.4) is 0 Å². The molecule has 1 aliphatic carbocycles. The fourth-order valence-corrected chi connectivity index (χ4v) is 3.35. The fourth-order valence-electron chi connectivity index (χ4n) is 3.35. The summed E-state index contributed by atoms with van der Waals surface area (Å²) >= 11 is 0. The van der Waals surface area contributed by atoms with Gasteiger partial charge in [0.1, 0.15) is 0 Å². The van der Waals surface area contributed by atoms with Crippen LogP contribution in [0, 0.1) is 5.92 Å². The van der Waals surface area contributed by atoms with Gasteiger partial charge < -0.3 is 10.6 Å². The van der Waals surface area contributed by atoms with Gasteiger partial charge in [0.25, 0.3) is 0 Å². The molecular weight excluding hydrogens is 260 g/mol. The molecule has 2 unspecified atom stereocenters. The van der Waals surface area contributed by atoms with Gasteiger partial charge in [0.2, 0.25) is 5.91 Å². The van der Waals surface area contributed by atoms with E-state index in [9.17, 15) is 4.79 Å². The summed E-state index contributed by atoms with van der Waals surface area (Å²) in [6, 6.07) is 8.97. The van der Waals surface area contributed by atoms with Gasteiger partial charge in [-0.1, -0.05) is 31.4 Å². The molecule has 1 saturated carbocycles. The Morgan fingerprint density at radius 2 is 1.90 bits per heavy atom. The number of anilines is 1. The van der Waals surface area contributed by atoms with Crippen molar-refractivity contribution in [3.05, 3.63) is 29.8 Å². The van der Waals surface area contributed by atoms with Crippen LogP contribution in [-0.2, 0) is 4.79 Å². The standard InChI is InChI=1S/C18H28N2O/c1-13(16-8-5-4-6-9-16)19-14(2)17-10-7-11-18(12-17)20-15(3)21/h7,10-14,16,19H,4-6,8-9H2,1-3H3,(H,20,21). The molecule has 0 aliphatic heterocycles. The predicted molar refractivity (Wildman–Crippen MR) is 88.3 cm³/mol. The van der Waals surface area contributed by atoms with Crippen molar-refractivity contribution < 1.29 is 4.79 Å². The number of hydrogen-bond donors (Lipinski definition) is 2. The number of nitrogens with one attached hydrogen (secondary N) is 2. The monoisotopic (exact) mass is 288 g/mol. The van der Waals surface area contributed by atoms with Crippen LogP contribution < -0.4 is 10.6 Å². The average Bonchev–Trinajstić information content (AvgIpc) is 2.47. The van der Waals surface area contributed by atoms with Crippen molar-refractivity contribution in [3.63, 3.8) is 0 Å². The Bertz CT molecular complexity index is 466. The van der Waals surface area contributed by atoms with Crippen molar-refractivity contribution in [1.29, 1.82) is 0 Å². The van der Waals surface area contributed by atoms with E-state index >= 15 is 0 Å². The molecular formula is C18H28N2O. The quantitative estimate of drug-likeness (QED) is 0.849. The Hall–Kier alpha value is -1.35.